The molecule has 2 aliphatic heterocycles. The number of ether oxygens (including phenoxy) is 1. The zero-order valence-corrected chi connectivity index (χ0v) is 16.0. The minimum absolute atomic E-state index is 0. The average molecular weight is 381 g/mol. The zero-order chi connectivity index (χ0) is 15.5. The molecule has 0 amide bonds. The molecular weight excluding hydrogens is 355 g/mol. The monoisotopic (exact) mass is 380 g/mol. The largest absolute Gasteiger partial charge is 0.486 e. The first-order chi connectivity index (χ1) is 11.3. The third kappa shape index (κ3) is 4.68. The van der Waals surface area contributed by atoms with Gasteiger partial charge in [0.1, 0.15) is 11.4 Å². The molecule has 0 atom stereocenters. The normalized spacial score (nSPS) is 18.9. The topological polar surface area (TPSA) is 24.5 Å². The molecule has 25 heavy (non-hydrogen) atoms. The first-order valence-electron chi connectivity index (χ1n) is 8.57. The van der Waals surface area contributed by atoms with Crippen molar-refractivity contribution < 1.29 is 4.74 Å². The molecular formula is C20H26Cl2N2O. The van der Waals surface area contributed by atoms with Crippen molar-refractivity contribution in [1.29, 1.82) is 0 Å². The van der Waals surface area contributed by atoms with Crippen LogP contribution < -0.4 is 10.1 Å². The van der Waals surface area contributed by atoms with Gasteiger partial charge in [-0.05, 0) is 11.6 Å². The van der Waals surface area contributed by atoms with Crippen LogP contribution in [0.4, 0.5) is 0 Å². The van der Waals surface area contributed by atoms with Gasteiger partial charge >= 0.3 is 0 Å². The number of nitrogens with zero attached hydrogens (tertiary/aromatic N) is 1. The number of rotatable bonds is 2. The van der Waals surface area contributed by atoms with Crippen LogP contribution in [0.25, 0.3) is 0 Å². The Morgan fingerprint density at radius 1 is 0.920 bits per heavy atom. The Balaban J connectivity index is 0.00000113. The first kappa shape index (κ1) is 20.1. The third-order valence-corrected chi connectivity index (χ3v) is 5.08. The fourth-order valence-electron chi connectivity index (χ4n) is 3.68. The van der Waals surface area contributed by atoms with Crippen LogP contribution in [0.3, 0.4) is 0 Å². The number of piperidine rings is 1. The van der Waals surface area contributed by atoms with Crippen molar-refractivity contribution in [3.8, 4) is 5.75 Å². The highest BCUT2D eigenvalue weighted by Gasteiger charge is 2.38. The summed E-state index contributed by atoms with van der Waals surface area (Å²) in [5.74, 6) is 1.06. The number of para-hydroxylation sites is 1. The van der Waals surface area contributed by atoms with Gasteiger partial charge in [-0.3, -0.25) is 4.90 Å². The second-order valence-corrected chi connectivity index (χ2v) is 6.76. The molecule has 2 aromatic carbocycles. The number of likely N-dealkylation sites (tertiary alicyclic amines) is 1. The highest BCUT2D eigenvalue weighted by molar-refractivity contribution is 5.85. The van der Waals surface area contributed by atoms with E-state index in [9.17, 15) is 0 Å². The molecule has 5 heteroatoms. The van der Waals surface area contributed by atoms with Gasteiger partial charge in [0, 0.05) is 51.1 Å². The quantitative estimate of drug-likeness (QED) is 0.850. The van der Waals surface area contributed by atoms with Crippen LogP contribution in [0, 0.1) is 0 Å². The van der Waals surface area contributed by atoms with E-state index in [2.05, 4.69) is 64.8 Å². The van der Waals surface area contributed by atoms with Crippen LogP contribution in [-0.4, -0.2) is 30.1 Å². The molecule has 0 radical (unpaired) electrons. The summed E-state index contributed by atoms with van der Waals surface area (Å²) in [6.07, 6.45) is 2.17. The molecule has 0 aromatic heterocycles. The van der Waals surface area contributed by atoms with Gasteiger partial charge in [-0.2, -0.15) is 0 Å². The van der Waals surface area contributed by atoms with E-state index < -0.39 is 0 Å². The van der Waals surface area contributed by atoms with Crippen LogP contribution in [-0.2, 0) is 13.1 Å². The average Bonchev–Trinajstić information content (AvgIpc) is 2.77. The fraction of sp³-hybridized carbons (Fsp3) is 0.400. The van der Waals surface area contributed by atoms with Gasteiger partial charge in [0.05, 0.1) is 0 Å². The number of hydrogen-bond acceptors (Lipinski definition) is 3. The van der Waals surface area contributed by atoms with E-state index >= 15 is 0 Å². The summed E-state index contributed by atoms with van der Waals surface area (Å²) in [5.41, 5.74) is 2.63. The van der Waals surface area contributed by atoms with Gasteiger partial charge in [-0.25, -0.2) is 0 Å². The summed E-state index contributed by atoms with van der Waals surface area (Å²) in [6, 6.07) is 19.2. The number of hydrogen-bond donors (Lipinski definition) is 1. The van der Waals surface area contributed by atoms with E-state index in [1.807, 2.05) is 0 Å². The SMILES string of the molecule is Cl.Cl.c1ccc(CN2CCC3(CC2)CNCc2ccccc2O3)cc1. The Bertz CT molecular complexity index is 658. The van der Waals surface area contributed by atoms with Crippen molar-refractivity contribution >= 4 is 24.8 Å². The summed E-state index contributed by atoms with van der Waals surface area (Å²) in [4.78, 5) is 2.54. The number of benzene rings is 2. The Kier molecular flexibility index (Phi) is 7.14. The third-order valence-electron chi connectivity index (χ3n) is 5.08. The minimum Gasteiger partial charge on any atom is -0.486 e. The van der Waals surface area contributed by atoms with Crippen LogP contribution in [0.1, 0.15) is 24.0 Å². The van der Waals surface area contributed by atoms with Crippen molar-refractivity contribution in [2.24, 2.45) is 0 Å². The van der Waals surface area contributed by atoms with Gasteiger partial charge in [0.15, 0.2) is 0 Å². The maximum atomic E-state index is 6.49. The van der Waals surface area contributed by atoms with E-state index in [-0.39, 0.29) is 30.4 Å². The maximum Gasteiger partial charge on any atom is 0.124 e. The van der Waals surface area contributed by atoms with Crippen molar-refractivity contribution in [2.45, 2.75) is 31.5 Å². The van der Waals surface area contributed by atoms with Gasteiger partial charge in [-0.15, -0.1) is 24.8 Å². The molecule has 0 bridgehead atoms. The lowest BCUT2D eigenvalue weighted by molar-refractivity contribution is 0.00378. The fourth-order valence-corrected chi connectivity index (χ4v) is 3.68. The van der Waals surface area contributed by atoms with Gasteiger partial charge in [0.2, 0.25) is 0 Å². The van der Waals surface area contributed by atoms with E-state index in [0.29, 0.717) is 0 Å². The standard InChI is InChI=1S/C20H24N2O.2ClH/c1-2-6-17(7-3-1)15-22-12-10-20(11-13-22)16-21-14-18-8-4-5-9-19(18)23-20;;/h1-9,21H,10-16H2;2*1H. The van der Waals surface area contributed by atoms with Crippen molar-refractivity contribution in [3.63, 3.8) is 0 Å². The molecule has 2 heterocycles. The predicted octanol–water partition coefficient (Wildman–Crippen LogP) is 4.05. The second-order valence-electron chi connectivity index (χ2n) is 6.76. The molecule has 0 saturated carbocycles. The Labute approximate surface area is 162 Å². The molecule has 1 saturated heterocycles. The van der Waals surface area contributed by atoms with Gasteiger partial charge in [-0.1, -0.05) is 48.5 Å². The van der Waals surface area contributed by atoms with Crippen LogP contribution in [0.5, 0.6) is 5.75 Å². The van der Waals surface area contributed by atoms with Crippen molar-refractivity contribution in [3.05, 3.63) is 65.7 Å². The second kappa shape index (κ2) is 8.91. The van der Waals surface area contributed by atoms with Crippen molar-refractivity contribution in [1.82, 2.24) is 10.2 Å². The molecule has 1 N–H and O–H groups in total. The molecule has 2 aliphatic rings. The minimum atomic E-state index is -0.0419. The summed E-state index contributed by atoms with van der Waals surface area (Å²) < 4.78 is 6.49. The summed E-state index contributed by atoms with van der Waals surface area (Å²) >= 11 is 0. The highest BCUT2D eigenvalue weighted by atomic mass is 35.5. The summed E-state index contributed by atoms with van der Waals surface area (Å²) in [5, 5.41) is 3.58. The van der Waals surface area contributed by atoms with Gasteiger partial charge in [0.25, 0.3) is 0 Å². The summed E-state index contributed by atoms with van der Waals surface area (Å²) in [7, 11) is 0. The lowest BCUT2D eigenvalue weighted by Crippen LogP contribution is -2.52. The predicted molar refractivity (Wildman–Crippen MR) is 107 cm³/mol. The van der Waals surface area contributed by atoms with Gasteiger partial charge < -0.3 is 10.1 Å². The zero-order valence-electron chi connectivity index (χ0n) is 14.3. The Morgan fingerprint density at radius 3 is 2.36 bits per heavy atom. The van der Waals surface area contributed by atoms with Crippen LogP contribution >= 0.6 is 24.8 Å². The number of nitrogens with one attached hydrogen (secondary N) is 1. The molecule has 2 aromatic rings. The summed E-state index contributed by atoms with van der Waals surface area (Å²) in [6.45, 7) is 5.09. The van der Waals surface area contributed by atoms with Crippen LogP contribution in [0.15, 0.2) is 54.6 Å². The van der Waals surface area contributed by atoms with E-state index in [0.717, 1.165) is 51.3 Å². The van der Waals surface area contributed by atoms with E-state index in [1.165, 1.54) is 11.1 Å². The van der Waals surface area contributed by atoms with E-state index in [4.69, 9.17) is 4.74 Å². The van der Waals surface area contributed by atoms with Crippen LogP contribution in [0.2, 0.25) is 0 Å². The smallest absolute Gasteiger partial charge is 0.124 e. The number of fused-ring (bicyclic) bond motifs is 1. The molecule has 3 nitrogen and oxygen atoms in total. The Morgan fingerprint density at radius 2 is 1.60 bits per heavy atom. The molecule has 0 unspecified atom stereocenters. The first-order valence-corrected chi connectivity index (χ1v) is 8.57. The number of halogens is 2. The Hall–Kier alpha value is -1.26. The molecule has 4 rings (SSSR count). The molecule has 1 fully saturated rings. The van der Waals surface area contributed by atoms with E-state index in [1.54, 1.807) is 0 Å². The maximum absolute atomic E-state index is 6.49. The molecule has 0 aliphatic carbocycles. The molecule has 1 spiro atoms. The van der Waals surface area contributed by atoms with Crippen molar-refractivity contribution in [2.75, 3.05) is 19.6 Å². The lowest BCUT2D eigenvalue weighted by Gasteiger charge is -2.41. The lowest BCUT2D eigenvalue weighted by atomic mass is 9.90. The highest BCUT2D eigenvalue weighted by Crippen LogP contribution is 2.33. The molecule has 136 valence electrons.